The Balaban J connectivity index is 1.96. The van der Waals surface area contributed by atoms with Gasteiger partial charge in [-0.25, -0.2) is 9.78 Å². The molecule has 1 heterocycles. The summed E-state index contributed by atoms with van der Waals surface area (Å²) in [6, 6.07) is 4.90. The first-order valence-electron chi connectivity index (χ1n) is 11.0. The van der Waals surface area contributed by atoms with Gasteiger partial charge < -0.3 is 31.8 Å². The highest BCUT2D eigenvalue weighted by atomic mass is 16.4. The highest BCUT2D eigenvalue weighted by Gasteiger charge is 2.30. The zero-order valence-electron chi connectivity index (χ0n) is 19.4. The van der Waals surface area contributed by atoms with Crippen LogP contribution in [0.3, 0.4) is 0 Å². The smallest absolute Gasteiger partial charge is 0.326 e. The van der Waals surface area contributed by atoms with Crippen LogP contribution < -0.4 is 21.7 Å². The van der Waals surface area contributed by atoms with Gasteiger partial charge in [0.25, 0.3) is 0 Å². The number of imidazole rings is 1. The van der Waals surface area contributed by atoms with E-state index in [-0.39, 0.29) is 18.8 Å². The van der Waals surface area contributed by atoms with Crippen LogP contribution in [0.5, 0.6) is 0 Å². The number of aliphatic carboxylic acids is 1. The van der Waals surface area contributed by atoms with Gasteiger partial charge >= 0.3 is 5.97 Å². The third-order valence-electron chi connectivity index (χ3n) is 5.23. The first-order chi connectivity index (χ1) is 16.1. The minimum atomic E-state index is -1.18. The van der Waals surface area contributed by atoms with E-state index in [1.54, 1.807) is 44.3 Å². The third-order valence-corrected chi connectivity index (χ3v) is 5.23. The standard InChI is InChI=1S/C23H32N6O5/c1-13(2)19(22(32)28-18(23(33)34)9-15-7-5-4-6-8-15)29-20(30)14(3)27-21(31)17(24)10-16-11-25-12-26-16/h4-8,11-14,17-19H,9-10,24H2,1-3H3,(H,25,26)(H,27,31)(H,28,32)(H,29,30)(H,33,34). The van der Waals surface area contributed by atoms with Crippen molar-refractivity contribution in [3.8, 4) is 0 Å². The van der Waals surface area contributed by atoms with E-state index in [0.29, 0.717) is 5.69 Å². The molecule has 0 fully saturated rings. The molecule has 0 saturated heterocycles. The van der Waals surface area contributed by atoms with Crippen molar-refractivity contribution < 1.29 is 24.3 Å². The number of carbonyl (C=O) groups is 4. The Morgan fingerprint density at radius 3 is 2.21 bits per heavy atom. The van der Waals surface area contributed by atoms with Crippen LogP contribution in [0.2, 0.25) is 0 Å². The summed E-state index contributed by atoms with van der Waals surface area (Å²) >= 11 is 0. The highest BCUT2D eigenvalue weighted by Crippen LogP contribution is 2.07. The van der Waals surface area contributed by atoms with Gasteiger partial charge in [-0.1, -0.05) is 44.2 Å². The van der Waals surface area contributed by atoms with Crippen molar-refractivity contribution in [1.29, 1.82) is 0 Å². The van der Waals surface area contributed by atoms with Crippen LogP contribution in [0.15, 0.2) is 42.9 Å². The van der Waals surface area contributed by atoms with Gasteiger partial charge in [0.15, 0.2) is 0 Å². The van der Waals surface area contributed by atoms with Crippen molar-refractivity contribution in [1.82, 2.24) is 25.9 Å². The van der Waals surface area contributed by atoms with Crippen molar-refractivity contribution in [2.45, 2.75) is 57.8 Å². The van der Waals surface area contributed by atoms with Crippen LogP contribution in [0.25, 0.3) is 0 Å². The molecule has 34 heavy (non-hydrogen) atoms. The number of carboxylic acids is 1. The Hall–Kier alpha value is -3.73. The quantitative estimate of drug-likeness (QED) is 0.246. The van der Waals surface area contributed by atoms with Crippen LogP contribution in [0.4, 0.5) is 0 Å². The number of amides is 3. The second kappa shape index (κ2) is 12.5. The number of aromatic amines is 1. The molecule has 0 aliphatic heterocycles. The van der Waals surface area contributed by atoms with Gasteiger partial charge in [0.1, 0.15) is 18.1 Å². The topological polar surface area (TPSA) is 179 Å². The molecule has 0 spiro atoms. The van der Waals surface area contributed by atoms with E-state index in [9.17, 15) is 24.3 Å². The maximum atomic E-state index is 12.9. The van der Waals surface area contributed by atoms with Crippen molar-refractivity contribution in [3.05, 3.63) is 54.1 Å². The Kier molecular flexibility index (Phi) is 9.75. The summed E-state index contributed by atoms with van der Waals surface area (Å²) in [7, 11) is 0. The molecule has 184 valence electrons. The Labute approximate surface area is 197 Å². The maximum absolute atomic E-state index is 12.9. The van der Waals surface area contributed by atoms with Gasteiger partial charge in [-0.15, -0.1) is 0 Å². The molecule has 0 aliphatic carbocycles. The molecular weight excluding hydrogens is 440 g/mol. The van der Waals surface area contributed by atoms with Gasteiger partial charge in [-0.2, -0.15) is 0 Å². The number of nitrogens with two attached hydrogens (primary N) is 1. The molecule has 4 unspecified atom stereocenters. The van der Waals surface area contributed by atoms with Crippen molar-refractivity contribution >= 4 is 23.7 Å². The number of carboxylic acid groups (broad SMARTS) is 1. The zero-order valence-corrected chi connectivity index (χ0v) is 19.4. The predicted molar refractivity (Wildman–Crippen MR) is 124 cm³/mol. The molecule has 0 bridgehead atoms. The van der Waals surface area contributed by atoms with E-state index in [0.717, 1.165) is 5.56 Å². The van der Waals surface area contributed by atoms with Crippen LogP contribution in [-0.4, -0.2) is 62.9 Å². The second-order valence-electron chi connectivity index (χ2n) is 8.44. The molecule has 0 radical (unpaired) electrons. The number of hydrogen-bond donors (Lipinski definition) is 6. The largest absolute Gasteiger partial charge is 0.480 e. The summed E-state index contributed by atoms with van der Waals surface area (Å²) in [6.07, 6.45) is 3.34. The van der Waals surface area contributed by atoms with Crippen LogP contribution >= 0.6 is 0 Å². The number of H-pyrrole nitrogens is 1. The molecule has 1 aromatic carbocycles. The van der Waals surface area contributed by atoms with Gasteiger partial charge in [-0.3, -0.25) is 14.4 Å². The number of hydrogen-bond acceptors (Lipinski definition) is 6. The van der Waals surface area contributed by atoms with E-state index in [2.05, 4.69) is 25.9 Å². The molecule has 0 saturated carbocycles. The number of nitrogens with zero attached hydrogens (tertiary/aromatic N) is 1. The molecule has 7 N–H and O–H groups in total. The molecule has 11 heteroatoms. The summed E-state index contributed by atoms with van der Waals surface area (Å²) in [5.74, 6) is -3.26. The summed E-state index contributed by atoms with van der Waals surface area (Å²) in [5.41, 5.74) is 7.32. The molecule has 11 nitrogen and oxygen atoms in total. The molecule has 3 amide bonds. The van der Waals surface area contributed by atoms with E-state index in [1.165, 1.54) is 13.3 Å². The normalized spacial score (nSPS) is 14.5. The van der Waals surface area contributed by atoms with Gasteiger partial charge in [0.05, 0.1) is 12.4 Å². The Morgan fingerprint density at radius 2 is 1.65 bits per heavy atom. The molecule has 4 atom stereocenters. The summed E-state index contributed by atoms with van der Waals surface area (Å²) in [5, 5.41) is 17.2. The molecule has 1 aromatic heterocycles. The van der Waals surface area contributed by atoms with E-state index < -0.39 is 47.9 Å². The van der Waals surface area contributed by atoms with E-state index in [1.807, 2.05) is 6.07 Å². The minimum absolute atomic E-state index is 0.0986. The fraction of sp³-hybridized carbons (Fsp3) is 0.435. The monoisotopic (exact) mass is 472 g/mol. The zero-order chi connectivity index (χ0) is 25.3. The van der Waals surface area contributed by atoms with Gasteiger partial charge in [0.2, 0.25) is 17.7 Å². The number of aromatic nitrogens is 2. The molecular formula is C23H32N6O5. The first-order valence-corrected chi connectivity index (χ1v) is 11.0. The molecule has 2 aromatic rings. The number of benzene rings is 1. The fourth-order valence-electron chi connectivity index (χ4n) is 3.24. The van der Waals surface area contributed by atoms with Crippen molar-refractivity contribution in [3.63, 3.8) is 0 Å². The van der Waals surface area contributed by atoms with E-state index in [4.69, 9.17) is 5.73 Å². The van der Waals surface area contributed by atoms with Crippen LogP contribution in [0, 0.1) is 5.92 Å². The van der Waals surface area contributed by atoms with Gasteiger partial charge in [0, 0.05) is 24.7 Å². The summed E-state index contributed by atoms with van der Waals surface area (Å²) < 4.78 is 0. The van der Waals surface area contributed by atoms with Crippen molar-refractivity contribution in [2.24, 2.45) is 11.7 Å². The minimum Gasteiger partial charge on any atom is -0.480 e. The highest BCUT2D eigenvalue weighted by molar-refractivity contribution is 5.94. The summed E-state index contributed by atoms with van der Waals surface area (Å²) in [4.78, 5) is 56.3. The Bertz CT molecular complexity index is 963. The average molecular weight is 473 g/mol. The number of nitrogens with one attached hydrogen (secondary N) is 4. The lowest BCUT2D eigenvalue weighted by Crippen LogP contribution is -2.58. The Morgan fingerprint density at radius 1 is 0.971 bits per heavy atom. The number of carbonyl (C=O) groups excluding carboxylic acids is 3. The second-order valence-corrected chi connectivity index (χ2v) is 8.44. The fourth-order valence-corrected chi connectivity index (χ4v) is 3.24. The maximum Gasteiger partial charge on any atom is 0.326 e. The SMILES string of the molecule is CC(NC(=O)C(N)Cc1cnc[nH]1)C(=O)NC(C(=O)NC(Cc1ccccc1)C(=O)O)C(C)C. The van der Waals surface area contributed by atoms with Crippen molar-refractivity contribution in [2.75, 3.05) is 0 Å². The molecule has 0 aliphatic rings. The first kappa shape index (κ1) is 26.5. The van der Waals surface area contributed by atoms with Crippen LogP contribution in [-0.2, 0) is 32.0 Å². The van der Waals surface area contributed by atoms with Gasteiger partial charge in [-0.05, 0) is 18.4 Å². The third kappa shape index (κ3) is 8.00. The molecule has 2 rings (SSSR count). The summed E-state index contributed by atoms with van der Waals surface area (Å²) in [6.45, 7) is 4.92. The number of rotatable bonds is 12. The van der Waals surface area contributed by atoms with Crippen LogP contribution in [0.1, 0.15) is 32.0 Å². The lowest BCUT2D eigenvalue weighted by atomic mass is 10.0. The lowest BCUT2D eigenvalue weighted by Gasteiger charge is -2.26. The average Bonchev–Trinajstić information content (AvgIpc) is 3.29. The lowest BCUT2D eigenvalue weighted by molar-refractivity contribution is -0.142. The van der Waals surface area contributed by atoms with E-state index >= 15 is 0 Å². The predicted octanol–water partition coefficient (Wildman–Crippen LogP) is -0.263.